The van der Waals surface area contributed by atoms with Crippen molar-refractivity contribution in [3.05, 3.63) is 107 Å². The Morgan fingerprint density at radius 1 is 0.613 bits per heavy atom. The molecule has 2 aliphatic rings. The molecule has 0 saturated carbocycles. The molecule has 10 rings (SSSR count). The molecule has 1 amide bonds. The van der Waals surface area contributed by atoms with Crippen LogP contribution in [0, 0.1) is 0 Å². The van der Waals surface area contributed by atoms with Crippen LogP contribution in [0.15, 0.2) is 97.6 Å². The van der Waals surface area contributed by atoms with Gasteiger partial charge in [0.1, 0.15) is 4.88 Å². The monoisotopic (exact) mass is 1050 g/mol. The minimum Gasteiger partial charge on any atom is -0.477 e. The smallest absolute Gasteiger partial charge is 0.345 e. The molecule has 2 fully saturated rings. The van der Waals surface area contributed by atoms with Gasteiger partial charge in [-0.3, -0.25) is 14.8 Å². The maximum atomic E-state index is 12.6. The van der Waals surface area contributed by atoms with Gasteiger partial charge in [-0.25, -0.2) is 14.8 Å². The van der Waals surface area contributed by atoms with Crippen molar-refractivity contribution in [2.45, 2.75) is 51.4 Å². The zero-order valence-electron chi connectivity index (χ0n) is 44.1. The molecule has 0 aliphatic carbocycles. The number of likely N-dealkylation sites (tertiary alicyclic amines) is 2. The van der Waals surface area contributed by atoms with Crippen LogP contribution in [-0.2, 0) is 0 Å². The lowest BCUT2D eigenvalue weighted by Crippen LogP contribution is -2.31. The number of carboxylic acids is 1. The zero-order valence-corrected chi connectivity index (χ0v) is 45.7. The van der Waals surface area contributed by atoms with Crippen molar-refractivity contribution in [2.75, 3.05) is 117 Å². The largest absolute Gasteiger partial charge is 0.477 e. The summed E-state index contributed by atoms with van der Waals surface area (Å²) in [5, 5.41) is 23.6. The molecule has 6 aromatic heterocycles. The summed E-state index contributed by atoms with van der Waals surface area (Å²) in [7, 11) is 8.02. The molecule has 8 heterocycles. The van der Waals surface area contributed by atoms with E-state index in [1.807, 2.05) is 77.0 Å². The number of thiophene rings is 2. The van der Waals surface area contributed by atoms with Gasteiger partial charge < -0.3 is 46.4 Å². The first kappa shape index (κ1) is 55.1. The summed E-state index contributed by atoms with van der Waals surface area (Å²) in [5.41, 5.74) is 12.9. The van der Waals surface area contributed by atoms with Crippen molar-refractivity contribution in [2.24, 2.45) is 5.73 Å². The summed E-state index contributed by atoms with van der Waals surface area (Å²) in [6.07, 6.45) is 17.5. The van der Waals surface area contributed by atoms with Crippen LogP contribution in [-0.4, -0.2) is 163 Å². The Morgan fingerprint density at radius 3 is 1.55 bits per heavy atom. The average Bonchev–Trinajstić information content (AvgIpc) is 4.07. The van der Waals surface area contributed by atoms with Gasteiger partial charge in [0.15, 0.2) is 0 Å². The molecule has 0 spiro atoms. The Hall–Kier alpha value is -6.18. The van der Waals surface area contributed by atoms with Crippen LogP contribution in [0.5, 0.6) is 0 Å². The van der Waals surface area contributed by atoms with Gasteiger partial charge in [-0.2, -0.15) is 0 Å². The highest BCUT2D eigenvalue weighted by Gasteiger charge is 2.16. The second-order valence-corrected chi connectivity index (χ2v) is 22.1. The normalized spacial score (nSPS) is 14.2. The number of nitrogens with zero attached hydrogens (tertiary/aromatic N) is 8. The van der Waals surface area contributed by atoms with Gasteiger partial charge in [0.05, 0.1) is 27.3 Å². The Labute approximate surface area is 449 Å². The fourth-order valence-electron chi connectivity index (χ4n) is 9.48. The second-order valence-electron chi connectivity index (χ2n) is 19.9. The van der Waals surface area contributed by atoms with E-state index < -0.39 is 5.97 Å². The van der Waals surface area contributed by atoms with E-state index in [2.05, 4.69) is 75.8 Å². The number of aromatic carboxylic acids is 1. The number of benzene rings is 2. The van der Waals surface area contributed by atoms with E-state index in [9.17, 15) is 14.7 Å². The topological polar surface area (TPSA) is 181 Å². The first-order valence-corrected chi connectivity index (χ1v) is 28.2. The van der Waals surface area contributed by atoms with Crippen LogP contribution < -0.4 is 21.7 Å². The molecule has 0 bridgehead atoms. The molecular weight excluding hydrogens is 977 g/mol. The third-order valence-corrected chi connectivity index (χ3v) is 15.7. The van der Waals surface area contributed by atoms with Crippen LogP contribution in [0.3, 0.4) is 0 Å². The van der Waals surface area contributed by atoms with Crippen LogP contribution in [0.2, 0.25) is 0 Å². The second kappa shape index (κ2) is 27.6. The number of anilines is 2. The van der Waals surface area contributed by atoms with Crippen molar-refractivity contribution in [1.82, 2.24) is 44.9 Å². The molecule has 8 aromatic rings. The summed E-state index contributed by atoms with van der Waals surface area (Å²) in [6.45, 7) is 12.2. The minimum absolute atomic E-state index is 0.0167. The van der Waals surface area contributed by atoms with Crippen LogP contribution in [0.1, 0.15) is 70.7 Å². The fourth-order valence-corrected chi connectivity index (χ4v) is 11.4. The van der Waals surface area contributed by atoms with E-state index >= 15 is 0 Å². The number of carboxylic acid groups (broad SMARTS) is 1. The third-order valence-electron chi connectivity index (χ3n) is 13.5. The Morgan fingerprint density at radius 2 is 1.09 bits per heavy atom. The average molecular weight is 1050 g/mol. The third kappa shape index (κ3) is 15.7. The molecule has 2 saturated heterocycles. The van der Waals surface area contributed by atoms with E-state index in [4.69, 9.17) is 15.7 Å². The summed E-state index contributed by atoms with van der Waals surface area (Å²) in [6, 6.07) is 24.2. The van der Waals surface area contributed by atoms with E-state index in [1.165, 1.54) is 87.4 Å². The molecule has 2 aromatic carbocycles. The van der Waals surface area contributed by atoms with Crippen LogP contribution >= 0.6 is 22.7 Å². The summed E-state index contributed by atoms with van der Waals surface area (Å²) in [4.78, 5) is 52.7. The zero-order chi connectivity index (χ0) is 52.5. The molecule has 17 heteroatoms. The molecule has 0 atom stereocenters. The van der Waals surface area contributed by atoms with Crippen LogP contribution in [0.25, 0.3) is 64.5 Å². The molecular formula is C58H74N12O3S2. The maximum absolute atomic E-state index is 12.6. The van der Waals surface area contributed by atoms with Crippen molar-refractivity contribution < 1.29 is 14.7 Å². The first-order chi connectivity index (χ1) is 36.5. The lowest BCUT2D eigenvalue weighted by molar-refractivity contribution is 0.0702. The van der Waals surface area contributed by atoms with Crippen molar-refractivity contribution in [3.63, 3.8) is 0 Å². The number of hydrogen-bond acceptors (Lipinski definition) is 15. The highest BCUT2D eigenvalue weighted by atomic mass is 32.1. The molecule has 6 N–H and O–H groups in total. The number of hydrogen-bond donors (Lipinski definition) is 5. The number of carbonyl (C=O) groups is 2. The number of piperidine rings is 2. The molecule has 75 heavy (non-hydrogen) atoms. The van der Waals surface area contributed by atoms with Gasteiger partial charge in [-0.15, -0.1) is 22.7 Å². The number of carbonyl (C=O) groups excluding carboxylic acids is 1. The summed E-state index contributed by atoms with van der Waals surface area (Å²) >= 11 is 2.82. The molecule has 2 aliphatic heterocycles. The van der Waals surface area contributed by atoms with Crippen molar-refractivity contribution >= 4 is 87.9 Å². The number of pyridine rings is 4. The highest BCUT2D eigenvalue weighted by molar-refractivity contribution is 7.21. The number of nitrogens with one attached hydrogen (secondary N) is 3. The fraction of sp³-hybridized carbons (Fsp3) is 0.414. The number of aromatic nitrogens is 4. The Balaban J connectivity index is 0.000000181. The Bertz CT molecular complexity index is 3130. The number of fused-ring (bicyclic) bond motifs is 4. The van der Waals surface area contributed by atoms with Gasteiger partial charge in [0, 0.05) is 107 Å². The van der Waals surface area contributed by atoms with Gasteiger partial charge in [0.2, 0.25) is 0 Å². The number of rotatable bonds is 19. The quantitative estimate of drug-likeness (QED) is 0.0483. The summed E-state index contributed by atoms with van der Waals surface area (Å²) < 4.78 is 2.04. The first-order valence-electron chi connectivity index (χ1n) is 26.5. The standard InChI is InChI=1S/C29H36N6OS.C25H26N4O2S.C4H12N2/c1-34(2)16-12-32-29(36)28-18-22-8-7-21(17-27(22)37-28)25-19-26(23-20-30-11-9-24(23)33-25)31-10-6-15-35-13-4-3-5-14-35;30-25(31)24-14-18-6-5-17(13-23(18)32-24)21-15-22(19-16-26-9-7-20(19)28-21)27-8-4-12-29-10-2-1-3-11-29;1-6(2)4-3-5/h7-9,11,17-20H,3-6,10,12-16H2,1-2H3,(H,31,33)(H,32,36);5-7,9,13-16H,1-4,8,10-12H2,(H,27,28)(H,30,31);3-5H2,1-2H3. The van der Waals surface area contributed by atoms with Gasteiger partial charge in [0.25, 0.3) is 5.91 Å². The van der Waals surface area contributed by atoms with Crippen LogP contribution in [0.4, 0.5) is 11.4 Å². The number of nitrogens with two attached hydrogens (primary N) is 1. The highest BCUT2D eigenvalue weighted by Crippen LogP contribution is 2.35. The lowest BCUT2D eigenvalue weighted by atomic mass is 10.1. The minimum atomic E-state index is -0.889. The van der Waals surface area contributed by atoms with Crippen molar-refractivity contribution in [3.8, 4) is 22.5 Å². The van der Waals surface area contributed by atoms with Gasteiger partial charge >= 0.3 is 5.97 Å². The molecule has 0 unspecified atom stereocenters. The number of amides is 1. The predicted molar refractivity (Wildman–Crippen MR) is 313 cm³/mol. The number of likely N-dealkylation sites (N-methyl/N-ethyl adjacent to an activating group) is 2. The lowest BCUT2D eigenvalue weighted by Gasteiger charge is -2.26. The van der Waals surface area contributed by atoms with Crippen molar-refractivity contribution in [1.29, 1.82) is 0 Å². The van der Waals surface area contributed by atoms with E-state index in [0.29, 0.717) is 11.4 Å². The van der Waals surface area contributed by atoms with E-state index in [0.717, 1.165) is 139 Å². The Kier molecular flexibility index (Phi) is 20.2. The molecule has 396 valence electrons. The summed E-state index contributed by atoms with van der Waals surface area (Å²) in [5.74, 6) is -0.905. The predicted octanol–water partition coefficient (Wildman–Crippen LogP) is 10.1. The molecule has 15 nitrogen and oxygen atoms in total. The van der Waals surface area contributed by atoms with E-state index in [1.54, 1.807) is 18.5 Å². The SMILES string of the molecule is CN(C)CCN.CN(C)CCNC(=O)c1cc2ccc(-c3cc(NCCCN4CCCCC4)c4cnccc4n3)cc2s1.O=C(O)c1cc2ccc(-c3cc(NCCCN4CCCCC4)c4cnccc4n3)cc2s1. The van der Waals surface area contributed by atoms with Gasteiger partial charge in [-0.05, 0) is 165 Å². The van der Waals surface area contributed by atoms with Gasteiger partial charge in [-0.1, -0.05) is 37.1 Å². The van der Waals surface area contributed by atoms with E-state index in [-0.39, 0.29) is 5.91 Å². The maximum Gasteiger partial charge on any atom is 0.345 e. The molecule has 0 radical (unpaired) electrons.